The molecule has 0 spiro atoms. The van der Waals surface area contributed by atoms with Crippen LogP contribution >= 0.6 is 47.8 Å². The maximum absolute atomic E-state index is 13.5. The summed E-state index contributed by atoms with van der Waals surface area (Å²) in [5.41, 5.74) is 7.54. The molecular formula is C48H56Br3F3N15NaO17S3. The van der Waals surface area contributed by atoms with Crippen LogP contribution in [0.4, 0.5) is 19.0 Å². The molecule has 0 aliphatic heterocycles. The number of sulfone groups is 1. The molecule has 90 heavy (non-hydrogen) atoms. The predicted octanol–water partition coefficient (Wildman–Crippen LogP) is 3.37. The molecule has 0 aliphatic rings. The molecular weight excluding hydrogens is 1470 g/mol. The molecule has 0 bridgehead atoms. The van der Waals surface area contributed by atoms with Gasteiger partial charge in [-0.1, -0.05) is 52.6 Å². The molecule has 6 N–H and O–H groups in total. The second-order valence-corrected chi connectivity index (χ2v) is 26.8. The van der Waals surface area contributed by atoms with Gasteiger partial charge in [-0.05, 0) is 180 Å². The predicted molar refractivity (Wildman–Crippen MR) is 319 cm³/mol. The van der Waals surface area contributed by atoms with Crippen LogP contribution in [0.1, 0.15) is 81.9 Å². The molecule has 3 aromatic carbocycles. The van der Waals surface area contributed by atoms with Crippen molar-refractivity contribution in [3.05, 3.63) is 139 Å². The number of unbranched alkanes of at least 4 members (excludes halogenated alkanes) is 2. The van der Waals surface area contributed by atoms with E-state index in [9.17, 15) is 63.3 Å². The van der Waals surface area contributed by atoms with Gasteiger partial charge in [0.2, 0.25) is 31.7 Å². The first-order valence-electron chi connectivity index (χ1n) is 26.0. The first-order valence-corrected chi connectivity index (χ1v) is 33.5. The van der Waals surface area contributed by atoms with Gasteiger partial charge in [-0.2, -0.15) is 0 Å². The van der Waals surface area contributed by atoms with Gasteiger partial charge < -0.3 is 26.5 Å². The number of oxime groups is 1. The Morgan fingerprint density at radius 3 is 1.59 bits per heavy atom. The summed E-state index contributed by atoms with van der Waals surface area (Å²) in [5, 5.41) is 52.3. The quantitative estimate of drug-likeness (QED) is 0.0143. The smallest absolute Gasteiger partial charge is 0.870 e. The molecule has 42 heteroatoms. The summed E-state index contributed by atoms with van der Waals surface area (Å²) >= 11 is 9.15. The van der Waals surface area contributed by atoms with E-state index in [1.807, 2.05) is 6.92 Å². The maximum atomic E-state index is 13.5. The summed E-state index contributed by atoms with van der Waals surface area (Å²) in [7, 11) is -9.33. The second kappa shape index (κ2) is 37.3. The number of aryl methyl sites for hydroxylation is 2. The van der Waals surface area contributed by atoms with E-state index < -0.39 is 75.3 Å². The fraction of sp³-hybridized carbons (Fsp3) is 0.396. The van der Waals surface area contributed by atoms with Crippen LogP contribution in [0.5, 0.6) is 0 Å². The van der Waals surface area contributed by atoms with Crippen molar-refractivity contribution in [2.24, 2.45) is 10.9 Å². The van der Waals surface area contributed by atoms with Crippen LogP contribution < -0.4 is 56.2 Å². The molecule has 32 nitrogen and oxygen atoms in total. The van der Waals surface area contributed by atoms with Gasteiger partial charge in [-0.25, -0.2) is 75.9 Å². The molecule has 5 heterocycles. The first kappa shape index (κ1) is 78.0. The molecule has 5 aromatic heterocycles. The van der Waals surface area contributed by atoms with E-state index in [0.717, 1.165) is 15.2 Å². The number of nitrogens with one attached hydrogen (secondary N) is 2. The minimum atomic E-state index is -3.30. The minimum Gasteiger partial charge on any atom is -0.870 e. The van der Waals surface area contributed by atoms with E-state index in [0.29, 0.717) is 110 Å². The Bertz CT molecular complexity index is 4130. The maximum Gasteiger partial charge on any atom is 1.00 e. The fourth-order valence-corrected chi connectivity index (χ4v) is 12.5. The Kier molecular flexibility index (Phi) is 32.3. The number of hydrogen-bond donors (Lipinski definition) is 4. The summed E-state index contributed by atoms with van der Waals surface area (Å²) in [6, 6.07) is 12.1. The Labute approximate surface area is 557 Å². The van der Waals surface area contributed by atoms with Gasteiger partial charge in [0.25, 0.3) is 5.69 Å². The van der Waals surface area contributed by atoms with Crippen molar-refractivity contribution in [3.8, 4) is 34.4 Å². The molecule has 0 saturated heterocycles. The third-order valence-corrected chi connectivity index (χ3v) is 18.4. The number of aromatic nitrogens is 10. The monoisotopic (exact) mass is 1530 g/mol. The van der Waals surface area contributed by atoms with Gasteiger partial charge in [0.1, 0.15) is 44.4 Å². The number of nitrogens with zero attached hydrogens (tertiary/aromatic N) is 12. The van der Waals surface area contributed by atoms with Crippen molar-refractivity contribution in [1.29, 1.82) is 0 Å². The molecule has 0 saturated carbocycles. The van der Waals surface area contributed by atoms with Crippen molar-refractivity contribution in [2.45, 2.75) is 78.6 Å². The summed E-state index contributed by atoms with van der Waals surface area (Å²) in [5.74, 6) is -3.59. The van der Waals surface area contributed by atoms with Crippen LogP contribution in [0.2, 0.25) is 0 Å². The molecule has 0 aliphatic carbocycles. The number of rotatable bonds is 27. The van der Waals surface area contributed by atoms with Crippen LogP contribution in [-0.2, 0) is 49.1 Å². The third-order valence-electron chi connectivity index (χ3n) is 11.5. The summed E-state index contributed by atoms with van der Waals surface area (Å²) < 4.78 is 139. The average Bonchev–Trinajstić information content (AvgIpc) is 2.29. The van der Waals surface area contributed by atoms with Crippen LogP contribution in [0.3, 0.4) is 0 Å². The van der Waals surface area contributed by atoms with Crippen molar-refractivity contribution in [3.63, 3.8) is 0 Å². The average molecular weight is 1530 g/mol. The van der Waals surface area contributed by atoms with E-state index in [1.165, 1.54) is 36.4 Å². The van der Waals surface area contributed by atoms with Crippen molar-refractivity contribution < 1.29 is 107 Å². The van der Waals surface area contributed by atoms with Crippen LogP contribution in [-0.4, -0.2) is 140 Å². The number of nitrogens with two attached hydrogens (primary N) is 1. The zero-order valence-corrected chi connectivity index (χ0v) is 57.2. The van der Waals surface area contributed by atoms with Gasteiger partial charge in [-0.15, -0.1) is 4.63 Å². The first-order chi connectivity index (χ1) is 41.8. The van der Waals surface area contributed by atoms with E-state index in [2.05, 4.69) is 113 Å². The Hall–Kier alpha value is -6.25. The van der Waals surface area contributed by atoms with Gasteiger partial charge in [0.05, 0.1) is 42.1 Å². The standard InChI is InChI=1S/C16H17BrFN5O5S.C16H20BrFN4O4S.C10H3BrFN5O5.C6H15NO2S.Na.H2O/c1-2-19-29(25,26)8-4-3-5-13-14(21-28-20-13)15-22-27-16(24)23(15)10-6-7-12(18)11(17)9-10;1-2-19-27(24,25)8-4-3-5-14-16(22-26-21-14)15(20-23)10-11-6-7-13(18)12(17)9-11;11-5-3-4(1-2-6(5)12)16-8(14-21-10(16)18)7-9(17(19)20)15-22-13-7;1-2-5-10(8,9)6-3-4-7;;/h6-7,9,19H,2-5,8H2,1H3;6-7,9,19,23H,2-5,8,10H2,1H3;1-3H;2-7H2,1H3;;1H2/q;;;;+1;/p-1/b;20-15+;;;;. The van der Waals surface area contributed by atoms with Crippen LogP contribution in [0, 0.1) is 27.6 Å². The van der Waals surface area contributed by atoms with E-state index in [-0.39, 0.29) is 96.4 Å². The number of benzene rings is 3. The molecule has 0 radical (unpaired) electrons. The van der Waals surface area contributed by atoms with Crippen LogP contribution in [0.25, 0.3) is 34.4 Å². The Morgan fingerprint density at radius 1 is 0.644 bits per heavy atom. The van der Waals surface area contributed by atoms with Crippen molar-refractivity contribution in [2.75, 3.05) is 42.6 Å². The van der Waals surface area contributed by atoms with Crippen molar-refractivity contribution >= 4 is 89.2 Å². The van der Waals surface area contributed by atoms with Crippen molar-refractivity contribution in [1.82, 2.24) is 59.8 Å². The van der Waals surface area contributed by atoms with Gasteiger partial charge in [0, 0.05) is 25.3 Å². The second-order valence-electron chi connectivity index (χ2n) is 18.0. The molecule has 0 atom stereocenters. The Balaban J connectivity index is 0.000000326. The minimum absolute atomic E-state index is 0. The number of hydrogen-bond acceptors (Lipinski definition) is 27. The zero-order chi connectivity index (χ0) is 64.8. The number of sulfonamides is 2. The van der Waals surface area contributed by atoms with Gasteiger partial charge >= 0.3 is 46.9 Å². The number of nitro groups is 1. The summed E-state index contributed by atoms with van der Waals surface area (Å²) in [6.07, 6.45) is 4.15. The SMILES string of the molecule is CCCS(=O)(=O)CCCN.CCNS(=O)(=O)CCCCc1nonc1-c1noc(=O)n1-c1ccc(F)c(Br)c1.CCNS(=O)(=O)CCCCc1nonc1/C(Cc1ccc(F)c(Br)c1)=N/O.O=c1onc(-c2nonc2[N+](=O)[O-])n1-c1ccc(F)c(Br)c1.[Na+].[OH-]. The van der Waals surface area contributed by atoms with E-state index in [4.69, 9.17) is 19.5 Å². The van der Waals surface area contributed by atoms with Gasteiger partial charge in [0.15, 0.2) is 16.5 Å². The zero-order valence-electron chi connectivity index (χ0n) is 48.0. The topological polar surface area (TPSA) is 471 Å². The molecule has 0 unspecified atom stereocenters. The molecule has 8 aromatic rings. The largest absolute Gasteiger partial charge is 1.00 e. The summed E-state index contributed by atoms with van der Waals surface area (Å²) in [6.45, 7) is 6.45. The number of halogens is 6. The van der Waals surface area contributed by atoms with Gasteiger partial charge in [-0.3, -0.25) is 9.05 Å². The van der Waals surface area contributed by atoms with Crippen LogP contribution in [0.15, 0.2) is 106 Å². The summed E-state index contributed by atoms with van der Waals surface area (Å²) in [4.78, 5) is 33.9. The normalized spacial score (nSPS) is 11.5. The molecule has 486 valence electrons. The molecule has 0 amide bonds. The van der Waals surface area contributed by atoms with E-state index in [1.54, 1.807) is 26.0 Å². The Morgan fingerprint density at radius 2 is 1.11 bits per heavy atom. The molecule has 0 fully saturated rings. The van der Waals surface area contributed by atoms with E-state index >= 15 is 0 Å². The molecule has 8 rings (SSSR count). The fourth-order valence-electron chi connectivity index (χ4n) is 7.56. The third kappa shape index (κ3) is 23.1.